The van der Waals surface area contributed by atoms with Crippen molar-refractivity contribution < 1.29 is 9.53 Å². The van der Waals surface area contributed by atoms with Crippen LogP contribution in [0.3, 0.4) is 0 Å². The van der Waals surface area contributed by atoms with E-state index >= 15 is 0 Å². The molecule has 1 amide bonds. The molecule has 0 saturated carbocycles. The normalized spacial score (nSPS) is 16.3. The van der Waals surface area contributed by atoms with Crippen LogP contribution >= 0.6 is 15.9 Å². The summed E-state index contributed by atoms with van der Waals surface area (Å²) in [6.07, 6.45) is 5.28. The number of aromatic nitrogens is 1. The van der Waals surface area contributed by atoms with E-state index < -0.39 is 0 Å². The second kappa shape index (κ2) is 7.81. The lowest BCUT2D eigenvalue weighted by Crippen LogP contribution is -2.33. The molecule has 1 saturated heterocycles. The van der Waals surface area contributed by atoms with E-state index in [1.54, 1.807) is 0 Å². The van der Waals surface area contributed by atoms with Crippen LogP contribution in [-0.4, -0.2) is 42.8 Å². The zero-order chi connectivity index (χ0) is 14.4. The van der Waals surface area contributed by atoms with Gasteiger partial charge < -0.3 is 19.9 Å². The maximum atomic E-state index is 11.9. The van der Waals surface area contributed by atoms with Gasteiger partial charge in [-0.05, 0) is 54.3 Å². The SMILES string of the molecule is Cn1cc(Br)cc1C(=O)NCCCOC1CCNCC1. The monoisotopic (exact) mass is 343 g/mol. The third-order valence-corrected chi connectivity index (χ3v) is 3.88. The number of rotatable bonds is 6. The smallest absolute Gasteiger partial charge is 0.267 e. The minimum absolute atomic E-state index is 0.0416. The topological polar surface area (TPSA) is 55.3 Å². The largest absolute Gasteiger partial charge is 0.378 e. The number of nitrogens with one attached hydrogen (secondary N) is 2. The summed E-state index contributed by atoms with van der Waals surface area (Å²) in [6, 6.07) is 1.82. The van der Waals surface area contributed by atoms with Gasteiger partial charge in [-0.2, -0.15) is 0 Å². The minimum Gasteiger partial charge on any atom is -0.378 e. The number of ether oxygens (including phenoxy) is 1. The van der Waals surface area contributed by atoms with Crippen LogP contribution < -0.4 is 10.6 Å². The van der Waals surface area contributed by atoms with Crippen LogP contribution in [0.2, 0.25) is 0 Å². The fourth-order valence-corrected chi connectivity index (χ4v) is 2.85. The first-order valence-electron chi connectivity index (χ1n) is 7.09. The molecule has 1 fully saturated rings. The predicted molar refractivity (Wildman–Crippen MR) is 81.9 cm³/mol. The van der Waals surface area contributed by atoms with Crippen molar-refractivity contribution in [3.63, 3.8) is 0 Å². The Morgan fingerprint density at radius 1 is 1.55 bits per heavy atom. The summed E-state index contributed by atoms with van der Waals surface area (Å²) < 4.78 is 8.52. The minimum atomic E-state index is -0.0416. The Kier molecular flexibility index (Phi) is 6.06. The lowest BCUT2D eigenvalue weighted by molar-refractivity contribution is 0.0317. The van der Waals surface area contributed by atoms with Gasteiger partial charge in [0.25, 0.3) is 5.91 Å². The summed E-state index contributed by atoms with van der Waals surface area (Å²) >= 11 is 3.36. The Morgan fingerprint density at radius 2 is 2.30 bits per heavy atom. The third-order valence-electron chi connectivity index (χ3n) is 3.45. The van der Waals surface area contributed by atoms with E-state index in [0.717, 1.165) is 36.8 Å². The molecule has 0 spiro atoms. The second-order valence-electron chi connectivity index (χ2n) is 5.08. The maximum absolute atomic E-state index is 11.9. The number of piperidine rings is 1. The number of halogens is 1. The lowest BCUT2D eigenvalue weighted by Gasteiger charge is -2.22. The number of aryl methyl sites for hydroxylation is 1. The molecule has 1 aliphatic rings. The number of hydrogen-bond acceptors (Lipinski definition) is 3. The first kappa shape index (κ1) is 15.5. The standard InChI is InChI=1S/C14H22BrN3O2/c1-18-10-11(15)9-13(18)14(19)17-5-2-8-20-12-3-6-16-7-4-12/h9-10,12,16H,2-8H2,1H3,(H,17,19). The summed E-state index contributed by atoms with van der Waals surface area (Å²) in [6.45, 7) is 3.45. The molecule has 2 rings (SSSR count). The third kappa shape index (κ3) is 4.61. The Hall–Kier alpha value is -0.850. The number of hydrogen-bond donors (Lipinski definition) is 2. The number of nitrogens with zero attached hydrogens (tertiary/aromatic N) is 1. The molecule has 0 unspecified atom stereocenters. The van der Waals surface area contributed by atoms with Crippen LogP contribution in [0.1, 0.15) is 29.8 Å². The Labute approximate surface area is 128 Å². The molecule has 0 aliphatic carbocycles. The summed E-state index contributed by atoms with van der Waals surface area (Å²) in [7, 11) is 1.86. The van der Waals surface area contributed by atoms with Gasteiger partial charge in [-0.3, -0.25) is 4.79 Å². The van der Waals surface area contributed by atoms with Gasteiger partial charge in [-0.25, -0.2) is 0 Å². The van der Waals surface area contributed by atoms with Gasteiger partial charge in [-0.1, -0.05) is 0 Å². The van der Waals surface area contributed by atoms with Crippen LogP contribution in [0.15, 0.2) is 16.7 Å². The highest BCUT2D eigenvalue weighted by Crippen LogP contribution is 2.13. The zero-order valence-electron chi connectivity index (χ0n) is 11.8. The molecule has 5 nitrogen and oxygen atoms in total. The van der Waals surface area contributed by atoms with Crippen LogP contribution in [0, 0.1) is 0 Å². The van der Waals surface area contributed by atoms with E-state index in [0.29, 0.717) is 24.9 Å². The highest BCUT2D eigenvalue weighted by Gasteiger charge is 2.13. The van der Waals surface area contributed by atoms with Crippen LogP contribution in [0.25, 0.3) is 0 Å². The molecule has 0 aromatic carbocycles. The summed E-state index contributed by atoms with van der Waals surface area (Å²) in [5, 5.41) is 6.23. The highest BCUT2D eigenvalue weighted by atomic mass is 79.9. The number of carbonyl (C=O) groups excluding carboxylic acids is 1. The van der Waals surface area contributed by atoms with Gasteiger partial charge in [0.05, 0.1) is 6.10 Å². The van der Waals surface area contributed by atoms with Crippen molar-refractivity contribution in [3.05, 3.63) is 22.4 Å². The van der Waals surface area contributed by atoms with Crippen molar-refractivity contribution in [2.75, 3.05) is 26.2 Å². The van der Waals surface area contributed by atoms with Crippen molar-refractivity contribution in [2.45, 2.75) is 25.4 Å². The van der Waals surface area contributed by atoms with Crippen LogP contribution in [0.5, 0.6) is 0 Å². The lowest BCUT2D eigenvalue weighted by atomic mass is 10.1. The number of amides is 1. The molecule has 0 bridgehead atoms. The number of carbonyl (C=O) groups is 1. The van der Waals surface area contributed by atoms with Crippen LogP contribution in [0.4, 0.5) is 0 Å². The van der Waals surface area contributed by atoms with E-state index in [1.807, 2.05) is 23.9 Å². The molecule has 112 valence electrons. The first-order valence-corrected chi connectivity index (χ1v) is 7.88. The molecule has 2 N–H and O–H groups in total. The van der Waals surface area contributed by atoms with E-state index in [1.165, 1.54) is 0 Å². The van der Waals surface area contributed by atoms with Gasteiger partial charge in [0, 0.05) is 30.9 Å². The van der Waals surface area contributed by atoms with Gasteiger partial charge in [0.1, 0.15) is 5.69 Å². The Morgan fingerprint density at radius 3 is 2.95 bits per heavy atom. The van der Waals surface area contributed by atoms with Gasteiger partial charge in [0.2, 0.25) is 0 Å². The second-order valence-corrected chi connectivity index (χ2v) is 6.00. The Bertz CT molecular complexity index is 442. The fourth-order valence-electron chi connectivity index (χ4n) is 2.33. The van der Waals surface area contributed by atoms with E-state index in [2.05, 4.69) is 26.6 Å². The maximum Gasteiger partial charge on any atom is 0.267 e. The average molecular weight is 344 g/mol. The van der Waals surface area contributed by atoms with Crippen LogP contribution in [-0.2, 0) is 11.8 Å². The predicted octanol–water partition coefficient (Wildman–Crippen LogP) is 1.68. The molecular formula is C14H22BrN3O2. The van der Waals surface area contributed by atoms with Crippen molar-refractivity contribution in [1.82, 2.24) is 15.2 Å². The summed E-state index contributed by atoms with van der Waals surface area (Å²) in [5.74, 6) is -0.0416. The molecule has 6 heteroatoms. The van der Waals surface area contributed by atoms with Crippen molar-refractivity contribution in [2.24, 2.45) is 7.05 Å². The molecular weight excluding hydrogens is 322 g/mol. The van der Waals surface area contributed by atoms with Crippen molar-refractivity contribution in [1.29, 1.82) is 0 Å². The van der Waals surface area contributed by atoms with E-state index in [4.69, 9.17) is 4.74 Å². The first-order chi connectivity index (χ1) is 9.66. The molecule has 1 aromatic rings. The molecule has 0 radical (unpaired) electrons. The van der Waals surface area contributed by atoms with E-state index in [-0.39, 0.29) is 5.91 Å². The summed E-state index contributed by atoms with van der Waals surface area (Å²) in [4.78, 5) is 11.9. The molecule has 20 heavy (non-hydrogen) atoms. The highest BCUT2D eigenvalue weighted by molar-refractivity contribution is 9.10. The van der Waals surface area contributed by atoms with Crippen molar-refractivity contribution >= 4 is 21.8 Å². The van der Waals surface area contributed by atoms with E-state index in [9.17, 15) is 4.79 Å². The average Bonchev–Trinajstić information content (AvgIpc) is 2.78. The molecule has 1 aliphatic heterocycles. The van der Waals surface area contributed by atoms with Gasteiger partial charge in [0.15, 0.2) is 0 Å². The molecule has 0 atom stereocenters. The van der Waals surface area contributed by atoms with Crippen molar-refractivity contribution in [3.8, 4) is 0 Å². The van der Waals surface area contributed by atoms with Gasteiger partial charge in [-0.15, -0.1) is 0 Å². The summed E-state index contributed by atoms with van der Waals surface area (Å²) in [5.41, 5.74) is 0.663. The quantitative estimate of drug-likeness (QED) is 0.772. The Balaban J connectivity index is 1.61. The molecule has 2 heterocycles. The molecule has 1 aromatic heterocycles. The zero-order valence-corrected chi connectivity index (χ0v) is 13.4. The van der Waals surface area contributed by atoms with Gasteiger partial charge >= 0.3 is 0 Å². The fraction of sp³-hybridized carbons (Fsp3) is 0.643.